The van der Waals surface area contributed by atoms with Gasteiger partial charge >= 0.3 is 17.6 Å². The van der Waals surface area contributed by atoms with Gasteiger partial charge in [-0.15, -0.1) is 0 Å². The highest BCUT2D eigenvalue weighted by Gasteiger charge is 2.09. The number of carbonyl (C=O) groups is 2. The van der Waals surface area contributed by atoms with Crippen LogP contribution in [0.1, 0.15) is 23.3 Å². The zero-order valence-corrected chi connectivity index (χ0v) is 12.0. The van der Waals surface area contributed by atoms with Crippen LogP contribution in [0.5, 0.6) is 0 Å². The third kappa shape index (κ3) is 9.41. The number of aromatic nitrogens is 2. The van der Waals surface area contributed by atoms with Crippen molar-refractivity contribution in [2.24, 2.45) is 22.2 Å². The van der Waals surface area contributed by atoms with Gasteiger partial charge in [-0.1, -0.05) is 0 Å². The van der Waals surface area contributed by atoms with Crippen LogP contribution in [0.25, 0.3) is 0 Å². The van der Waals surface area contributed by atoms with Crippen LogP contribution in [0.3, 0.4) is 0 Å². The molecule has 12 nitrogen and oxygen atoms in total. The Kier molecular flexibility index (Phi) is 8.39. The number of carboxylic acid groups (broad SMARTS) is 2. The lowest BCUT2D eigenvalue weighted by Crippen LogP contribution is -2.30. The van der Waals surface area contributed by atoms with Crippen molar-refractivity contribution in [1.29, 1.82) is 0 Å². The summed E-state index contributed by atoms with van der Waals surface area (Å²) in [6.07, 6.45) is 0.956. The molecule has 1 aromatic rings. The van der Waals surface area contributed by atoms with Crippen LogP contribution in [-0.4, -0.2) is 50.7 Å². The molecule has 0 amide bonds. The number of aliphatic imine (C=N–C) groups is 1. The molecular formula is C11H18N6O6. The first-order chi connectivity index (χ1) is 10.6. The van der Waals surface area contributed by atoms with E-state index in [0.29, 0.717) is 19.4 Å². The van der Waals surface area contributed by atoms with Gasteiger partial charge in [-0.2, -0.15) is 0 Å². The Balaban J connectivity index is 0.000000422. The molecule has 0 saturated heterocycles. The maximum Gasteiger partial charge on any atom is 0.352 e. The topological polar surface area (TPSA) is 231 Å². The van der Waals surface area contributed by atoms with Crippen LogP contribution in [0.4, 0.5) is 0 Å². The second-order valence-electron chi connectivity index (χ2n) is 4.20. The summed E-state index contributed by atoms with van der Waals surface area (Å²) in [5.41, 5.74) is 13.3. The van der Waals surface area contributed by atoms with Crippen molar-refractivity contribution in [2.75, 3.05) is 6.54 Å². The molecule has 0 aliphatic carbocycles. The van der Waals surface area contributed by atoms with Crippen molar-refractivity contribution in [2.45, 2.75) is 18.9 Å². The van der Waals surface area contributed by atoms with Crippen LogP contribution in [0, 0.1) is 0 Å². The Morgan fingerprint density at radius 3 is 2.26 bits per heavy atom. The number of aromatic amines is 2. The molecule has 0 fully saturated rings. The zero-order chi connectivity index (χ0) is 18.0. The number of nitrogens with two attached hydrogens (primary N) is 3. The van der Waals surface area contributed by atoms with Crippen LogP contribution >= 0.6 is 0 Å². The van der Waals surface area contributed by atoms with E-state index in [-0.39, 0.29) is 5.96 Å². The van der Waals surface area contributed by atoms with E-state index in [2.05, 4.69) is 4.99 Å². The highest BCUT2D eigenvalue weighted by molar-refractivity contribution is 5.84. The van der Waals surface area contributed by atoms with E-state index in [1.54, 1.807) is 0 Å². The van der Waals surface area contributed by atoms with Gasteiger partial charge in [0, 0.05) is 12.6 Å². The van der Waals surface area contributed by atoms with Gasteiger partial charge in [-0.3, -0.25) is 19.6 Å². The number of hydrogen-bond acceptors (Lipinski definition) is 6. The van der Waals surface area contributed by atoms with Crippen LogP contribution in [-0.2, 0) is 4.79 Å². The average molecular weight is 330 g/mol. The smallest absolute Gasteiger partial charge is 0.352 e. The minimum atomic E-state index is -1.34. The summed E-state index contributed by atoms with van der Waals surface area (Å²) in [7, 11) is 0. The summed E-state index contributed by atoms with van der Waals surface area (Å²) in [5, 5.41) is 16.7. The van der Waals surface area contributed by atoms with Crippen LogP contribution in [0.15, 0.2) is 20.6 Å². The molecule has 0 aliphatic heterocycles. The summed E-state index contributed by atoms with van der Waals surface area (Å²) in [5.74, 6) is -2.33. The van der Waals surface area contributed by atoms with E-state index in [1.807, 2.05) is 9.97 Å². The SMILES string of the molecule is NC(N)=NCCC[C@H](N)C(=O)O.O=C(O)c1cc(=O)[nH]c(=O)[nH]1. The van der Waals surface area contributed by atoms with E-state index in [0.717, 1.165) is 6.07 Å². The first-order valence-corrected chi connectivity index (χ1v) is 6.24. The molecule has 1 aromatic heterocycles. The molecule has 1 heterocycles. The van der Waals surface area contributed by atoms with Crippen LogP contribution < -0.4 is 28.5 Å². The quantitative estimate of drug-likeness (QED) is 0.162. The molecule has 0 aliphatic rings. The fourth-order valence-electron chi connectivity index (χ4n) is 1.23. The van der Waals surface area contributed by atoms with Crippen molar-refractivity contribution < 1.29 is 19.8 Å². The molecule has 128 valence electrons. The van der Waals surface area contributed by atoms with Gasteiger partial charge in [-0.25, -0.2) is 9.59 Å². The Morgan fingerprint density at radius 1 is 1.22 bits per heavy atom. The predicted octanol–water partition coefficient (Wildman–Crippen LogP) is -2.79. The molecule has 0 unspecified atom stereocenters. The van der Waals surface area contributed by atoms with Gasteiger partial charge in [0.15, 0.2) is 5.96 Å². The van der Waals surface area contributed by atoms with Crippen molar-refractivity contribution in [3.8, 4) is 0 Å². The molecule has 10 N–H and O–H groups in total. The van der Waals surface area contributed by atoms with E-state index >= 15 is 0 Å². The number of carboxylic acids is 2. The molecule has 0 bridgehead atoms. The number of nitrogens with one attached hydrogen (secondary N) is 2. The van der Waals surface area contributed by atoms with Crippen molar-refractivity contribution in [1.82, 2.24) is 9.97 Å². The first-order valence-electron chi connectivity index (χ1n) is 6.24. The molecule has 0 aromatic carbocycles. The summed E-state index contributed by atoms with van der Waals surface area (Å²) in [6, 6.07) is -0.0248. The number of guanidine groups is 1. The summed E-state index contributed by atoms with van der Waals surface area (Å²) >= 11 is 0. The molecule has 23 heavy (non-hydrogen) atoms. The number of nitrogens with zero attached hydrogens (tertiary/aromatic N) is 1. The summed E-state index contributed by atoms with van der Waals surface area (Å²) in [4.78, 5) is 48.8. The minimum Gasteiger partial charge on any atom is -0.480 e. The lowest BCUT2D eigenvalue weighted by atomic mass is 10.2. The normalized spacial score (nSPS) is 10.8. The van der Waals surface area contributed by atoms with Crippen molar-refractivity contribution >= 4 is 17.9 Å². The first kappa shape index (κ1) is 19.9. The molecule has 0 saturated carbocycles. The Bertz CT molecular complexity index is 646. The molecule has 1 rings (SSSR count). The highest BCUT2D eigenvalue weighted by Crippen LogP contribution is 1.94. The predicted molar refractivity (Wildman–Crippen MR) is 80.2 cm³/mol. The second kappa shape index (κ2) is 9.73. The average Bonchev–Trinajstić information content (AvgIpc) is 2.42. The fourth-order valence-corrected chi connectivity index (χ4v) is 1.23. The summed E-state index contributed by atoms with van der Waals surface area (Å²) < 4.78 is 0. The van der Waals surface area contributed by atoms with Gasteiger partial charge < -0.3 is 32.4 Å². The van der Waals surface area contributed by atoms with Gasteiger partial charge in [0.25, 0.3) is 5.56 Å². The van der Waals surface area contributed by atoms with Gasteiger partial charge in [0.05, 0.1) is 0 Å². The lowest BCUT2D eigenvalue weighted by molar-refractivity contribution is -0.138. The maximum absolute atomic E-state index is 10.5. The van der Waals surface area contributed by atoms with Gasteiger partial charge in [-0.05, 0) is 12.8 Å². The highest BCUT2D eigenvalue weighted by atomic mass is 16.4. The van der Waals surface area contributed by atoms with Crippen LogP contribution in [0.2, 0.25) is 0 Å². The Hall–Kier alpha value is -3.15. The number of aromatic carboxylic acids is 1. The second-order valence-corrected chi connectivity index (χ2v) is 4.20. The number of hydrogen-bond donors (Lipinski definition) is 7. The number of aliphatic carboxylic acids is 1. The molecular weight excluding hydrogens is 312 g/mol. The molecule has 12 heteroatoms. The lowest BCUT2D eigenvalue weighted by Gasteiger charge is -2.03. The van der Waals surface area contributed by atoms with Gasteiger partial charge in [0.2, 0.25) is 0 Å². The van der Waals surface area contributed by atoms with E-state index in [4.69, 9.17) is 27.4 Å². The number of rotatable bonds is 6. The van der Waals surface area contributed by atoms with E-state index in [9.17, 15) is 19.2 Å². The third-order valence-electron chi connectivity index (χ3n) is 2.28. The number of H-pyrrole nitrogens is 2. The van der Waals surface area contributed by atoms with Crippen molar-refractivity contribution in [3.63, 3.8) is 0 Å². The summed E-state index contributed by atoms with van der Waals surface area (Å²) in [6.45, 7) is 0.420. The zero-order valence-electron chi connectivity index (χ0n) is 12.0. The largest absolute Gasteiger partial charge is 0.480 e. The third-order valence-corrected chi connectivity index (χ3v) is 2.28. The van der Waals surface area contributed by atoms with E-state index in [1.165, 1.54) is 0 Å². The molecule has 0 spiro atoms. The Labute approximate surface area is 129 Å². The van der Waals surface area contributed by atoms with E-state index < -0.39 is 34.9 Å². The standard InChI is InChI=1S/C6H14N4O2.C5H4N2O4/c7-4(5(11)12)2-1-3-10-6(8)9;8-3-1-2(4(9)10)6-5(11)7-3/h4H,1-3,7H2,(H,11,12)(H4,8,9,10);1H,(H,9,10)(H2,6,7,8,11)/t4-;/m0./s1. The fraction of sp³-hybridized carbons (Fsp3) is 0.364. The molecule has 0 radical (unpaired) electrons. The Morgan fingerprint density at radius 2 is 1.83 bits per heavy atom. The van der Waals surface area contributed by atoms with Crippen molar-refractivity contribution in [3.05, 3.63) is 32.6 Å². The van der Waals surface area contributed by atoms with Gasteiger partial charge in [0.1, 0.15) is 11.7 Å². The monoisotopic (exact) mass is 330 g/mol. The molecule has 1 atom stereocenters. The minimum absolute atomic E-state index is 0.0129. The maximum atomic E-state index is 10.5.